The first kappa shape index (κ1) is 15.5. The average Bonchev–Trinajstić information content (AvgIpc) is 2.85. The van der Waals surface area contributed by atoms with Crippen LogP contribution in [0.4, 0.5) is 0 Å². The Labute approximate surface area is 125 Å². The molecule has 3 nitrogen and oxygen atoms in total. The van der Waals surface area contributed by atoms with Gasteiger partial charge in [-0.3, -0.25) is 0 Å². The lowest BCUT2D eigenvalue weighted by Gasteiger charge is -2.21. The standard InChI is InChI=1S/C16H25NO2S/c1-5-19-14(18)13-12(11-9-7-6-8-10-11)17-15(20-13)16(2,3)4/h11H,5-10H2,1-4H3. The Bertz CT molecular complexity index is 467. The highest BCUT2D eigenvalue weighted by Crippen LogP contribution is 2.38. The molecule has 112 valence electrons. The van der Waals surface area contributed by atoms with Crippen LogP contribution in [0.1, 0.15) is 86.1 Å². The van der Waals surface area contributed by atoms with E-state index in [0.717, 1.165) is 28.4 Å². The van der Waals surface area contributed by atoms with E-state index in [9.17, 15) is 4.79 Å². The molecule has 2 rings (SSSR count). The molecule has 0 aliphatic heterocycles. The zero-order valence-electron chi connectivity index (χ0n) is 13.0. The largest absolute Gasteiger partial charge is 0.462 e. The molecule has 1 aliphatic rings. The normalized spacial score (nSPS) is 17.2. The SMILES string of the molecule is CCOC(=O)c1sc(C(C)(C)C)nc1C1CCCCC1. The predicted molar refractivity (Wildman–Crippen MR) is 82.6 cm³/mol. The number of carbonyl (C=O) groups is 1. The van der Waals surface area contributed by atoms with Crippen LogP contribution in [-0.2, 0) is 10.2 Å². The fraction of sp³-hybridized carbons (Fsp3) is 0.750. The molecule has 0 bridgehead atoms. The summed E-state index contributed by atoms with van der Waals surface area (Å²) in [4.78, 5) is 17.8. The van der Waals surface area contributed by atoms with E-state index in [1.165, 1.54) is 30.6 Å². The van der Waals surface area contributed by atoms with Crippen LogP contribution in [0.5, 0.6) is 0 Å². The third-order valence-electron chi connectivity index (χ3n) is 3.75. The zero-order valence-corrected chi connectivity index (χ0v) is 13.8. The number of thiazole rings is 1. The highest BCUT2D eigenvalue weighted by molar-refractivity contribution is 7.13. The predicted octanol–water partition coefficient (Wildman–Crippen LogP) is 4.67. The van der Waals surface area contributed by atoms with E-state index in [1.807, 2.05) is 6.92 Å². The van der Waals surface area contributed by atoms with Gasteiger partial charge >= 0.3 is 5.97 Å². The molecule has 4 heteroatoms. The van der Waals surface area contributed by atoms with Gasteiger partial charge in [-0.05, 0) is 19.8 Å². The lowest BCUT2D eigenvalue weighted by molar-refractivity contribution is 0.0529. The van der Waals surface area contributed by atoms with E-state index in [2.05, 4.69) is 20.8 Å². The molecule has 0 spiro atoms. The van der Waals surface area contributed by atoms with Gasteiger partial charge in [0.2, 0.25) is 0 Å². The summed E-state index contributed by atoms with van der Waals surface area (Å²) in [7, 11) is 0. The summed E-state index contributed by atoms with van der Waals surface area (Å²) >= 11 is 1.52. The summed E-state index contributed by atoms with van der Waals surface area (Å²) in [6.45, 7) is 8.71. The highest BCUT2D eigenvalue weighted by Gasteiger charge is 2.30. The van der Waals surface area contributed by atoms with Gasteiger partial charge in [0, 0.05) is 11.3 Å². The van der Waals surface area contributed by atoms with Crippen LogP contribution in [0, 0.1) is 0 Å². The molecule has 20 heavy (non-hydrogen) atoms. The van der Waals surface area contributed by atoms with Crippen molar-refractivity contribution in [1.29, 1.82) is 0 Å². The molecule has 1 fully saturated rings. The van der Waals surface area contributed by atoms with Crippen LogP contribution in [0.3, 0.4) is 0 Å². The fourth-order valence-electron chi connectivity index (χ4n) is 2.65. The van der Waals surface area contributed by atoms with E-state index in [0.29, 0.717) is 12.5 Å². The Morgan fingerprint density at radius 2 is 1.95 bits per heavy atom. The maximum Gasteiger partial charge on any atom is 0.350 e. The molecular formula is C16H25NO2S. The second kappa shape index (κ2) is 6.25. The van der Waals surface area contributed by atoms with Gasteiger partial charge in [0.05, 0.1) is 17.3 Å². The van der Waals surface area contributed by atoms with E-state index < -0.39 is 0 Å². The molecular weight excluding hydrogens is 270 g/mol. The summed E-state index contributed by atoms with van der Waals surface area (Å²) in [5.41, 5.74) is 0.983. The van der Waals surface area contributed by atoms with Gasteiger partial charge in [-0.2, -0.15) is 0 Å². The average molecular weight is 295 g/mol. The summed E-state index contributed by atoms with van der Waals surface area (Å²) in [6, 6.07) is 0. The quantitative estimate of drug-likeness (QED) is 0.761. The maximum absolute atomic E-state index is 12.2. The highest BCUT2D eigenvalue weighted by atomic mass is 32.1. The lowest BCUT2D eigenvalue weighted by atomic mass is 9.86. The number of esters is 1. The Balaban J connectivity index is 2.36. The number of rotatable bonds is 3. The van der Waals surface area contributed by atoms with Crippen LogP contribution in [0.2, 0.25) is 0 Å². The second-order valence-electron chi connectivity index (χ2n) is 6.54. The van der Waals surface area contributed by atoms with Crippen LogP contribution >= 0.6 is 11.3 Å². The van der Waals surface area contributed by atoms with Crippen molar-refractivity contribution in [3.05, 3.63) is 15.6 Å². The van der Waals surface area contributed by atoms with Crippen LogP contribution in [0.15, 0.2) is 0 Å². The Morgan fingerprint density at radius 3 is 2.50 bits per heavy atom. The van der Waals surface area contributed by atoms with Crippen molar-refractivity contribution >= 4 is 17.3 Å². The third kappa shape index (κ3) is 3.40. The topological polar surface area (TPSA) is 39.2 Å². The molecule has 1 aromatic heterocycles. The summed E-state index contributed by atoms with van der Waals surface area (Å²) < 4.78 is 5.22. The minimum absolute atomic E-state index is 0.0151. The first-order chi connectivity index (χ1) is 9.43. The number of hydrogen-bond acceptors (Lipinski definition) is 4. The first-order valence-corrected chi connectivity index (χ1v) is 8.43. The number of carbonyl (C=O) groups excluding carboxylic acids is 1. The van der Waals surface area contributed by atoms with E-state index >= 15 is 0 Å². The van der Waals surface area contributed by atoms with Crippen molar-refractivity contribution in [2.75, 3.05) is 6.61 Å². The van der Waals surface area contributed by atoms with E-state index in [1.54, 1.807) is 0 Å². The number of nitrogens with zero attached hydrogens (tertiary/aromatic N) is 1. The molecule has 0 amide bonds. The van der Waals surface area contributed by atoms with Crippen molar-refractivity contribution < 1.29 is 9.53 Å². The number of aromatic nitrogens is 1. The van der Waals surface area contributed by atoms with Gasteiger partial charge in [0.15, 0.2) is 0 Å². The summed E-state index contributed by atoms with van der Waals surface area (Å²) in [5, 5.41) is 1.04. The molecule has 0 N–H and O–H groups in total. The number of hydrogen-bond donors (Lipinski definition) is 0. The van der Waals surface area contributed by atoms with Gasteiger partial charge in [0.25, 0.3) is 0 Å². The van der Waals surface area contributed by atoms with Gasteiger partial charge in [-0.15, -0.1) is 11.3 Å². The van der Waals surface area contributed by atoms with Crippen LogP contribution in [-0.4, -0.2) is 17.6 Å². The van der Waals surface area contributed by atoms with Crippen LogP contribution in [0.25, 0.3) is 0 Å². The second-order valence-corrected chi connectivity index (χ2v) is 7.54. The van der Waals surface area contributed by atoms with Gasteiger partial charge in [-0.1, -0.05) is 40.0 Å². The third-order valence-corrected chi connectivity index (χ3v) is 5.22. The number of ether oxygens (including phenoxy) is 1. The van der Waals surface area contributed by atoms with Crippen molar-refractivity contribution in [2.24, 2.45) is 0 Å². The summed E-state index contributed by atoms with van der Waals surface area (Å²) in [5.74, 6) is 0.247. The van der Waals surface area contributed by atoms with Gasteiger partial charge < -0.3 is 4.74 Å². The van der Waals surface area contributed by atoms with Gasteiger partial charge in [-0.25, -0.2) is 9.78 Å². The molecule has 1 heterocycles. The Kier molecular flexibility index (Phi) is 4.84. The molecule has 1 aliphatic carbocycles. The lowest BCUT2D eigenvalue weighted by Crippen LogP contribution is -2.13. The first-order valence-electron chi connectivity index (χ1n) is 7.61. The van der Waals surface area contributed by atoms with Gasteiger partial charge in [0.1, 0.15) is 4.88 Å². The molecule has 1 saturated carbocycles. The minimum atomic E-state index is -0.193. The van der Waals surface area contributed by atoms with E-state index in [-0.39, 0.29) is 11.4 Å². The van der Waals surface area contributed by atoms with Crippen molar-refractivity contribution in [1.82, 2.24) is 4.98 Å². The molecule has 0 atom stereocenters. The maximum atomic E-state index is 12.2. The Hall–Kier alpha value is -0.900. The smallest absolute Gasteiger partial charge is 0.350 e. The molecule has 0 radical (unpaired) electrons. The molecule has 0 saturated heterocycles. The van der Waals surface area contributed by atoms with Crippen LogP contribution < -0.4 is 0 Å². The summed E-state index contributed by atoms with van der Waals surface area (Å²) in [6.07, 6.45) is 6.10. The van der Waals surface area contributed by atoms with Crippen molar-refractivity contribution in [3.8, 4) is 0 Å². The zero-order chi connectivity index (χ0) is 14.8. The Morgan fingerprint density at radius 1 is 1.30 bits per heavy atom. The molecule has 1 aromatic rings. The van der Waals surface area contributed by atoms with Crippen molar-refractivity contribution in [2.45, 2.75) is 71.1 Å². The minimum Gasteiger partial charge on any atom is -0.462 e. The fourth-order valence-corrected chi connectivity index (χ4v) is 3.75. The molecule has 0 unspecified atom stereocenters. The van der Waals surface area contributed by atoms with E-state index in [4.69, 9.17) is 9.72 Å². The monoisotopic (exact) mass is 295 g/mol. The van der Waals surface area contributed by atoms with Crippen molar-refractivity contribution in [3.63, 3.8) is 0 Å². The molecule has 0 aromatic carbocycles.